The van der Waals surface area contributed by atoms with Crippen molar-refractivity contribution in [2.24, 2.45) is 0 Å². The lowest BCUT2D eigenvalue weighted by molar-refractivity contribution is 0.138. The number of nitrogen functional groups attached to an aromatic ring is 1. The minimum atomic E-state index is -0.162. The Morgan fingerprint density at radius 1 is 1.30 bits per heavy atom. The molecule has 5 rings (SSSR count). The fourth-order valence-electron chi connectivity index (χ4n) is 4.13. The molecule has 12 heteroatoms. The highest BCUT2D eigenvalue weighted by Gasteiger charge is 2.30. The van der Waals surface area contributed by atoms with Crippen molar-refractivity contribution in [3.05, 3.63) is 23.3 Å². The number of amides is 2. The molecule has 3 N–H and O–H groups in total. The average Bonchev–Trinajstić information content (AvgIpc) is 3.47. The first-order valence-corrected chi connectivity index (χ1v) is 11.8. The van der Waals surface area contributed by atoms with Gasteiger partial charge in [0, 0.05) is 38.2 Å². The second-order valence-electron chi connectivity index (χ2n) is 8.22. The van der Waals surface area contributed by atoms with Crippen molar-refractivity contribution in [1.29, 1.82) is 0 Å². The van der Waals surface area contributed by atoms with Gasteiger partial charge in [-0.1, -0.05) is 0 Å². The van der Waals surface area contributed by atoms with E-state index in [1.54, 1.807) is 16.5 Å². The molecular weight excluding hydrogens is 444 g/mol. The first kappa shape index (κ1) is 21.6. The van der Waals surface area contributed by atoms with Gasteiger partial charge in [0.25, 0.3) is 0 Å². The third-order valence-corrected chi connectivity index (χ3v) is 6.58. The van der Waals surface area contributed by atoms with E-state index in [0.29, 0.717) is 50.1 Å². The molecule has 0 aliphatic carbocycles. The van der Waals surface area contributed by atoms with Crippen molar-refractivity contribution in [3.8, 4) is 5.88 Å². The molecule has 2 amide bonds. The van der Waals surface area contributed by atoms with Crippen molar-refractivity contribution in [1.82, 2.24) is 24.8 Å². The summed E-state index contributed by atoms with van der Waals surface area (Å²) in [5.41, 5.74) is 9.75. The molecule has 5 heterocycles. The van der Waals surface area contributed by atoms with Gasteiger partial charge in [0.15, 0.2) is 10.6 Å². The Bertz CT molecular complexity index is 1170. The van der Waals surface area contributed by atoms with Crippen LogP contribution in [0.3, 0.4) is 0 Å². The number of nitrogens with one attached hydrogen (secondary N) is 1. The van der Waals surface area contributed by atoms with E-state index >= 15 is 0 Å². The maximum absolute atomic E-state index is 13.0. The Hall–Kier alpha value is -3.25. The molecule has 0 radical (unpaired) electrons. The largest absolute Gasteiger partial charge is 0.472 e. The summed E-state index contributed by atoms with van der Waals surface area (Å²) in [4.78, 5) is 35.2. The van der Waals surface area contributed by atoms with Gasteiger partial charge in [-0.3, -0.25) is 0 Å². The maximum atomic E-state index is 13.0. The van der Waals surface area contributed by atoms with Gasteiger partial charge in [-0.25, -0.2) is 19.7 Å². The summed E-state index contributed by atoms with van der Waals surface area (Å²) < 4.78 is 11.2. The molecule has 0 spiro atoms. The number of aromatic nitrogens is 4. The molecule has 1 unspecified atom stereocenters. The predicted octanol–water partition coefficient (Wildman–Crippen LogP) is 2.28. The molecule has 0 saturated carbocycles. The number of urea groups is 1. The van der Waals surface area contributed by atoms with Gasteiger partial charge in [-0.2, -0.15) is 4.98 Å². The Kier molecular flexibility index (Phi) is 5.85. The van der Waals surface area contributed by atoms with Gasteiger partial charge < -0.3 is 30.3 Å². The Balaban J connectivity index is 1.23. The van der Waals surface area contributed by atoms with Crippen LogP contribution in [0.4, 0.5) is 22.2 Å². The number of nitrogens with two attached hydrogens (primary N) is 1. The van der Waals surface area contributed by atoms with E-state index in [0.717, 1.165) is 22.6 Å². The van der Waals surface area contributed by atoms with Crippen molar-refractivity contribution < 1.29 is 14.3 Å². The number of carbonyl (C=O) groups excluding carboxylic acids is 1. The number of rotatable bonds is 4. The number of nitrogens with zero attached hydrogens (tertiary/aromatic N) is 6. The van der Waals surface area contributed by atoms with E-state index in [1.807, 2.05) is 13.0 Å². The number of piperazine rings is 1. The highest BCUT2D eigenvalue weighted by atomic mass is 32.1. The Labute approximate surface area is 194 Å². The molecule has 2 atom stereocenters. The second-order valence-corrected chi connectivity index (χ2v) is 9.05. The summed E-state index contributed by atoms with van der Waals surface area (Å²) in [6.07, 6.45) is 0.893. The molecule has 2 aliphatic heterocycles. The predicted molar refractivity (Wildman–Crippen MR) is 126 cm³/mol. The van der Waals surface area contributed by atoms with Gasteiger partial charge in [0.2, 0.25) is 11.8 Å². The molecule has 2 fully saturated rings. The van der Waals surface area contributed by atoms with Gasteiger partial charge in [-0.15, -0.1) is 11.3 Å². The van der Waals surface area contributed by atoms with E-state index in [1.165, 1.54) is 11.3 Å². The van der Waals surface area contributed by atoms with Gasteiger partial charge >= 0.3 is 6.03 Å². The molecule has 11 nitrogen and oxygen atoms in total. The zero-order valence-electron chi connectivity index (χ0n) is 18.5. The number of aryl methyl sites for hydroxylation is 1. The number of ether oxygens (including phenoxy) is 2. The van der Waals surface area contributed by atoms with Crippen LogP contribution < -0.4 is 20.7 Å². The molecular formula is C21H26N8O3S. The summed E-state index contributed by atoms with van der Waals surface area (Å²) in [5.74, 6) is 1.49. The number of fused-ring (bicyclic) bond motifs is 1. The summed E-state index contributed by atoms with van der Waals surface area (Å²) in [5, 5.41) is 2.98. The average molecular weight is 471 g/mol. The molecule has 0 aromatic carbocycles. The SMILES string of the molecule is Cc1nc(OC2CCOC2)ccc1NC(=O)N1CCN(c2nc(N)nc3scnc23)[C@@H](C)C1. The van der Waals surface area contributed by atoms with Crippen LogP contribution in [0.1, 0.15) is 19.0 Å². The van der Waals surface area contributed by atoms with Gasteiger partial charge in [-0.05, 0) is 19.9 Å². The standard InChI is InChI=1S/C21H26N8O3S/c1-12-9-28(6-7-29(12)18-17-19(33-11-23-17)27-20(22)26-18)21(30)25-15-3-4-16(24-13(15)2)32-14-5-8-31-10-14/h3-4,11-12,14H,5-10H2,1-2H3,(H,25,30)(H2,22,26,27)/t12-,14?/m0/s1. The summed E-state index contributed by atoms with van der Waals surface area (Å²) in [6.45, 7) is 6.90. The normalized spacial score (nSPS) is 20.9. The smallest absolute Gasteiger partial charge is 0.322 e. The Morgan fingerprint density at radius 3 is 2.94 bits per heavy atom. The number of thiazole rings is 1. The van der Waals surface area contributed by atoms with Crippen LogP contribution in [0.25, 0.3) is 10.3 Å². The molecule has 2 aliphatic rings. The van der Waals surface area contributed by atoms with E-state index in [9.17, 15) is 4.79 Å². The highest BCUT2D eigenvalue weighted by Crippen LogP contribution is 2.29. The highest BCUT2D eigenvalue weighted by molar-refractivity contribution is 7.16. The minimum Gasteiger partial charge on any atom is -0.472 e. The van der Waals surface area contributed by atoms with Crippen LogP contribution in [0.15, 0.2) is 17.6 Å². The number of carbonyl (C=O) groups is 1. The minimum absolute atomic E-state index is 0.0332. The fourth-order valence-corrected chi connectivity index (χ4v) is 4.79. The van der Waals surface area contributed by atoms with Gasteiger partial charge in [0.1, 0.15) is 11.6 Å². The topological polar surface area (TPSA) is 132 Å². The summed E-state index contributed by atoms with van der Waals surface area (Å²) >= 11 is 1.43. The van der Waals surface area contributed by atoms with Crippen LogP contribution in [-0.2, 0) is 4.74 Å². The molecule has 2 saturated heterocycles. The van der Waals surface area contributed by atoms with Crippen molar-refractivity contribution in [2.75, 3.05) is 48.8 Å². The van der Waals surface area contributed by atoms with Crippen molar-refractivity contribution in [2.45, 2.75) is 32.4 Å². The third-order valence-electron chi connectivity index (χ3n) is 5.86. The van der Waals surface area contributed by atoms with Crippen LogP contribution >= 0.6 is 11.3 Å². The van der Waals surface area contributed by atoms with E-state index < -0.39 is 0 Å². The van der Waals surface area contributed by atoms with E-state index in [2.05, 4.69) is 37.1 Å². The van der Waals surface area contributed by atoms with E-state index in [-0.39, 0.29) is 24.1 Å². The number of pyridine rings is 1. The van der Waals surface area contributed by atoms with Crippen LogP contribution in [0, 0.1) is 6.92 Å². The lowest BCUT2D eigenvalue weighted by Gasteiger charge is -2.40. The summed E-state index contributed by atoms with van der Waals surface area (Å²) in [7, 11) is 0. The maximum Gasteiger partial charge on any atom is 0.322 e. The summed E-state index contributed by atoms with van der Waals surface area (Å²) in [6, 6.07) is 3.48. The third kappa shape index (κ3) is 4.48. The lowest BCUT2D eigenvalue weighted by atomic mass is 10.2. The van der Waals surface area contributed by atoms with Crippen LogP contribution in [-0.4, -0.2) is 75.9 Å². The number of anilines is 3. The molecule has 0 bridgehead atoms. The molecule has 3 aromatic heterocycles. The van der Waals surface area contributed by atoms with Crippen LogP contribution in [0.5, 0.6) is 5.88 Å². The van der Waals surface area contributed by atoms with Gasteiger partial charge in [0.05, 0.1) is 30.1 Å². The molecule has 33 heavy (non-hydrogen) atoms. The van der Waals surface area contributed by atoms with E-state index in [4.69, 9.17) is 15.2 Å². The molecule has 3 aromatic rings. The fraction of sp³-hybridized carbons (Fsp3) is 0.476. The zero-order valence-corrected chi connectivity index (χ0v) is 19.3. The monoisotopic (exact) mass is 470 g/mol. The molecule has 174 valence electrons. The number of hydrogen-bond acceptors (Lipinski definition) is 10. The van der Waals surface area contributed by atoms with Crippen molar-refractivity contribution in [3.63, 3.8) is 0 Å². The Morgan fingerprint density at radius 2 is 2.18 bits per heavy atom. The first-order valence-electron chi connectivity index (χ1n) is 10.9. The van der Waals surface area contributed by atoms with Crippen molar-refractivity contribution >= 4 is 45.2 Å². The second kappa shape index (κ2) is 8.94. The van der Waals surface area contributed by atoms with Crippen LogP contribution in [0.2, 0.25) is 0 Å². The quantitative estimate of drug-likeness (QED) is 0.589. The number of hydrogen-bond donors (Lipinski definition) is 2. The first-order chi connectivity index (χ1) is 16.0. The zero-order chi connectivity index (χ0) is 22.9. The lowest BCUT2D eigenvalue weighted by Crippen LogP contribution is -2.55.